The van der Waals surface area contributed by atoms with Crippen LogP contribution in [-0.2, 0) is 23.9 Å². The van der Waals surface area contributed by atoms with Crippen LogP contribution in [0.4, 0.5) is 0 Å². The Hall–Kier alpha value is -1.59. The number of hydrogen-bond acceptors (Lipinski definition) is 10. The topological polar surface area (TPSA) is 182 Å². The number of hydrogen-bond donors (Lipinski definition) is 5. The molecular weight excluding hydrogens is 276 g/mol. The van der Waals surface area contributed by atoms with Crippen molar-refractivity contribution in [1.82, 2.24) is 0 Å². The number of ether oxygens (including phenoxy) is 2. The van der Waals surface area contributed by atoms with Crippen LogP contribution in [0.15, 0.2) is 0 Å². The Morgan fingerprint density at radius 1 is 1.10 bits per heavy atom. The summed E-state index contributed by atoms with van der Waals surface area (Å²) in [6.45, 7) is -1.97. The Kier molecular flexibility index (Phi) is 8.59. The molecule has 0 fully saturated rings. The standard InChI is InChI=1S/C10H18N2O8/c11-1-7(16)19-6(4-14)10(20-8(17)2-12)9(18)5(15)3-13/h4-6,9-10,13,15,18H,1-3,11-12H2/t5-,6+,9-,10-/m1/s1. The Labute approximate surface area is 114 Å². The van der Waals surface area contributed by atoms with Crippen molar-refractivity contribution >= 4 is 18.2 Å². The van der Waals surface area contributed by atoms with Crippen molar-refractivity contribution in [1.29, 1.82) is 0 Å². The molecule has 0 bridgehead atoms. The lowest BCUT2D eigenvalue weighted by Gasteiger charge is -2.29. The normalized spacial score (nSPS) is 16.6. The molecule has 0 saturated carbocycles. The first-order chi connectivity index (χ1) is 9.40. The average Bonchev–Trinajstić information content (AvgIpc) is 2.48. The van der Waals surface area contributed by atoms with Gasteiger partial charge in [-0.2, -0.15) is 0 Å². The molecule has 10 heteroatoms. The van der Waals surface area contributed by atoms with Gasteiger partial charge in [-0.05, 0) is 0 Å². The monoisotopic (exact) mass is 294 g/mol. The van der Waals surface area contributed by atoms with Crippen LogP contribution in [0.1, 0.15) is 0 Å². The van der Waals surface area contributed by atoms with E-state index in [1.165, 1.54) is 0 Å². The van der Waals surface area contributed by atoms with Crippen LogP contribution >= 0.6 is 0 Å². The van der Waals surface area contributed by atoms with Crippen LogP contribution in [0, 0.1) is 0 Å². The lowest BCUT2D eigenvalue weighted by molar-refractivity contribution is -0.183. The molecule has 0 aromatic rings. The molecule has 0 aliphatic heterocycles. The summed E-state index contributed by atoms with van der Waals surface area (Å²) in [5.41, 5.74) is 10.0. The fraction of sp³-hybridized carbons (Fsp3) is 0.700. The summed E-state index contributed by atoms with van der Waals surface area (Å²) in [6, 6.07) is 0. The fourth-order valence-corrected chi connectivity index (χ4v) is 1.23. The maximum absolute atomic E-state index is 11.1. The van der Waals surface area contributed by atoms with E-state index in [2.05, 4.69) is 9.47 Å². The second-order valence-electron chi connectivity index (χ2n) is 3.69. The van der Waals surface area contributed by atoms with Gasteiger partial charge in [0.05, 0.1) is 19.7 Å². The zero-order chi connectivity index (χ0) is 15.7. The molecule has 0 unspecified atom stereocenters. The summed E-state index contributed by atoms with van der Waals surface area (Å²) in [6.07, 6.45) is -6.91. The maximum atomic E-state index is 11.1. The van der Waals surface area contributed by atoms with Crippen LogP contribution in [0.25, 0.3) is 0 Å². The molecule has 0 heterocycles. The minimum absolute atomic E-state index is 0.0926. The molecular formula is C10H18N2O8. The summed E-state index contributed by atoms with van der Waals surface area (Å²) < 4.78 is 9.22. The number of carbonyl (C=O) groups is 3. The van der Waals surface area contributed by atoms with Crippen molar-refractivity contribution in [2.24, 2.45) is 11.5 Å². The molecule has 0 aromatic heterocycles. The van der Waals surface area contributed by atoms with Crippen LogP contribution in [0.2, 0.25) is 0 Å². The summed E-state index contributed by atoms with van der Waals surface area (Å²) in [5, 5.41) is 27.8. The largest absolute Gasteiger partial charge is 0.454 e. The molecule has 7 N–H and O–H groups in total. The predicted molar refractivity (Wildman–Crippen MR) is 63.0 cm³/mol. The molecule has 0 rings (SSSR count). The van der Waals surface area contributed by atoms with Crippen molar-refractivity contribution < 1.29 is 39.2 Å². The number of aliphatic hydroxyl groups is 3. The predicted octanol–water partition coefficient (Wildman–Crippen LogP) is -4.36. The minimum Gasteiger partial charge on any atom is -0.454 e. The fourth-order valence-electron chi connectivity index (χ4n) is 1.23. The van der Waals surface area contributed by atoms with Gasteiger partial charge in [0.15, 0.2) is 18.5 Å². The Balaban J connectivity index is 5.09. The third kappa shape index (κ3) is 5.59. The zero-order valence-corrected chi connectivity index (χ0v) is 10.5. The van der Waals surface area contributed by atoms with E-state index in [0.29, 0.717) is 0 Å². The quantitative estimate of drug-likeness (QED) is 0.206. The van der Waals surface area contributed by atoms with E-state index in [-0.39, 0.29) is 6.29 Å². The first kappa shape index (κ1) is 18.4. The van der Waals surface area contributed by atoms with E-state index in [4.69, 9.17) is 16.6 Å². The molecule has 10 nitrogen and oxygen atoms in total. The summed E-state index contributed by atoms with van der Waals surface area (Å²) in [7, 11) is 0. The Morgan fingerprint density at radius 3 is 2.00 bits per heavy atom. The van der Waals surface area contributed by atoms with Crippen molar-refractivity contribution in [2.75, 3.05) is 19.7 Å². The Bertz CT molecular complexity index is 337. The van der Waals surface area contributed by atoms with Gasteiger partial charge >= 0.3 is 11.9 Å². The number of aldehydes is 1. The molecule has 0 spiro atoms. The van der Waals surface area contributed by atoms with Crippen LogP contribution < -0.4 is 11.5 Å². The summed E-state index contributed by atoms with van der Waals surface area (Å²) in [4.78, 5) is 33.1. The van der Waals surface area contributed by atoms with Crippen LogP contribution in [-0.4, -0.2) is 77.7 Å². The van der Waals surface area contributed by atoms with E-state index < -0.39 is 56.1 Å². The number of rotatable bonds is 9. The van der Waals surface area contributed by atoms with Gasteiger partial charge < -0.3 is 36.3 Å². The van der Waals surface area contributed by atoms with Gasteiger partial charge in [-0.3, -0.25) is 14.4 Å². The molecule has 0 saturated heterocycles. The third-order valence-corrected chi connectivity index (χ3v) is 2.24. The first-order valence-corrected chi connectivity index (χ1v) is 5.62. The van der Waals surface area contributed by atoms with Crippen molar-refractivity contribution in [3.8, 4) is 0 Å². The molecule has 0 amide bonds. The van der Waals surface area contributed by atoms with Gasteiger partial charge in [-0.25, -0.2) is 0 Å². The number of esters is 2. The molecule has 20 heavy (non-hydrogen) atoms. The van der Waals surface area contributed by atoms with Gasteiger partial charge in [0.25, 0.3) is 0 Å². The highest BCUT2D eigenvalue weighted by Crippen LogP contribution is 2.12. The van der Waals surface area contributed by atoms with Crippen molar-refractivity contribution in [3.63, 3.8) is 0 Å². The van der Waals surface area contributed by atoms with E-state index in [0.717, 1.165) is 0 Å². The second kappa shape index (κ2) is 9.34. The molecule has 116 valence electrons. The van der Waals surface area contributed by atoms with E-state index >= 15 is 0 Å². The van der Waals surface area contributed by atoms with Crippen molar-refractivity contribution in [2.45, 2.75) is 24.4 Å². The minimum atomic E-state index is -1.86. The summed E-state index contributed by atoms with van der Waals surface area (Å²) in [5.74, 6) is -1.99. The molecule has 0 aliphatic carbocycles. The number of carbonyl (C=O) groups excluding carboxylic acids is 3. The first-order valence-electron chi connectivity index (χ1n) is 5.62. The highest BCUT2D eigenvalue weighted by Gasteiger charge is 2.37. The third-order valence-electron chi connectivity index (χ3n) is 2.24. The van der Waals surface area contributed by atoms with Gasteiger partial charge in [0.2, 0.25) is 0 Å². The van der Waals surface area contributed by atoms with Crippen LogP contribution in [0.5, 0.6) is 0 Å². The smallest absolute Gasteiger partial charge is 0.320 e. The molecule has 4 atom stereocenters. The molecule has 0 radical (unpaired) electrons. The van der Waals surface area contributed by atoms with E-state index in [1.807, 2.05) is 0 Å². The zero-order valence-electron chi connectivity index (χ0n) is 10.5. The van der Waals surface area contributed by atoms with E-state index in [9.17, 15) is 24.6 Å². The molecule has 0 aliphatic rings. The molecule has 0 aromatic carbocycles. The lowest BCUT2D eigenvalue weighted by Crippen LogP contribution is -2.51. The summed E-state index contributed by atoms with van der Waals surface area (Å²) >= 11 is 0. The average molecular weight is 294 g/mol. The van der Waals surface area contributed by atoms with Crippen molar-refractivity contribution in [3.05, 3.63) is 0 Å². The van der Waals surface area contributed by atoms with Crippen LogP contribution in [0.3, 0.4) is 0 Å². The van der Waals surface area contributed by atoms with E-state index in [1.54, 1.807) is 0 Å². The SMILES string of the molecule is NCC(=O)O[C@@H]([C@H](O)[C@H](O)CO)[C@H](C=O)OC(=O)CN. The number of nitrogens with two attached hydrogens (primary N) is 2. The lowest BCUT2D eigenvalue weighted by atomic mass is 10.0. The van der Waals surface area contributed by atoms with Gasteiger partial charge in [0, 0.05) is 0 Å². The number of aliphatic hydroxyl groups excluding tert-OH is 3. The highest BCUT2D eigenvalue weighted by atomic mass is 16.6. The van der Waals surface area contributed by atoms with Gasteiger partial charge in [-0.1, -0.05) is 0 Å². The highest BCUT2D eigenvalue weighted by molar-refractivity contribution is 5.75. The van der Waals surface area contributed by atoms with Gasteiger partial charge in [-0.15, -0.1) is 0 Å². The Morgan fingerprint density at radius 2 is 1.60 bits per heavy atom. The second-order valence-corrected chi connectivity index (χ2v) is 3.69. The maximum Gasteiger partial charge on any atom is 0.320 e. The van der Waals surface area contributed by atoms with Gasteiger partial charge in [0.1, 0.15) is 12.2 Å².